The number of likely N-dealkylation sites (N-methyl/N-ethyl adjacent to an activating group) is 1. The van der Waals surface area contributed by atoms with Crippen molar-refractivity contribution in [1.29, 1.82) is 0 Å². The smallest absolute Gasteiger partial charge is 0.227 e. The van der Waals surface area contributed by atoms with Gasteiger partial charge in [-0.05, 0) is 30.7 Å². The van der Waals surface area contributed by atoms with Gasteiger partial charge in [0.05, 0.1) is 6.10 Å². The Morgan fingerprint density at radius 2 is 2.11 bits per heavy atom. The number of nitrogens with one attached hydrogen (secondary N) is 1. The number of aliphatic hydroxyl groups excluding tert-OH is 2. The fourth-order valence-electron chi connectivity index (χ4n) is 2.40. The molecule has 1 aliphatic heterocycles. The monoisotopic (exact) mass is 264 g/mol. The molecule has 0 aromatic heterocycles. The van der Waals surface area contributed by atoms with Crippen molar-refractivity contribution in [1.82, 2.24) is 5.32 Å². The van der Waals surface area contributed by atoms with E-state index >= 15 is 0 Å². The highest BCUT2D eigenvalue weighted by molar-refractivity contribution is 5.95. The summed E-state index contributed by atoms with van der Waals surface area (Å²) in [6, 6.07) is 5.47. The number of amides is 1. The van der Waals surface area contributed by atoms with Gasteiger partial charge >= 0.3 is 0 Å². The van der Waals surface area contributed by atoms with E-state index in [4.69, 9.17) is 0 Å². The van der Waals surface area contributed by atoms with Crippen molar-refractivity contribution < 1.29 is 15.0 Å². The van der Waals surface area contributed by atoms with Crippen LogP contribution in [0.1, 0.15) is 23.7 Å². The molecule has 104 valence electrons. The molecule has 3 N–H and O–H groups in total. The SMILES string of the molecule is CNCC(O)C(O)c1ccc2c(c1)CCC(=O)N2C. The van der Waals surface area contributed by atoms with Crippen molar-refractivity contribution in [3.05, 3.63) is 29.3 Å². The number of carbonyl (C=O) groups is 1. The Morgan fingerprint density at radius 1 is 1.37 bits per heavy atom. The van der Waals surface area contributed by atoms with Gasteiger partial charge in [-0.25, -0.2) is 0 Å². The predicted octanol–water partition coefficient (Wildman–Crippen LogP) is 0.209. The molecule has 1 aromatic rings. The van der Waals surface area contributed by atoms with Gasteiger partial charge in [0.1, 0.15) is 6.10 Å². The molecule has 0 spiro atoms. The van der Waals surface area contributed by atoms with Crippen LogP contribution in [0.4, 0.5) is 5.69 Å². The number of benzene rings is 1. The molecule has 0 saturated heterocycles. The minimum absolute atomic E-state index is 0.107. The highest BCUT2D eigenvalue weighted by Gasteiger charge is 2.23. The van der Waals surface area contributed by atoms with Crippen LogP contribution in [0.3, 0.4) is 0 Å². The third kappa shape index (κ3) is 2.78. The van der Waals surface area contributed by atoms with Crippen molar-refractivity contribution in [2.45, 2.75) is 25.0 Å². The van der Waals surface area contributed by atoms with E-state index in [1.807, 2.05) is 12.1 Å². The van der Waals surface area contributed by atoms with Gasteiger partial charge in [-0.15, -0.1) is 0 Å². The van der Waals surface area contributed by atoms with Crippen LogP contribution in [0.15, 0.2) is 18.2 Å². The number of anilines is 1. The highest BCUT2D eigenvalue weighted by atomic mass is 16.3. The normalized spacial score (nSPS) is 18.1. The molecule has 2 unspecified atom stereocenters. The third-order valence-corrected chi connectivity index (χ3v) is 3.57. The summed E-state index contributed by atoms with van der Waals surface area (Å²) in [5.41, 5.74) is 2.61. The lowest BCUT2D eigenvalue weighted by molar-refractivity contribution is -0.118. The topological polar surface area (TPSA) is 72.8 Å². The van der Waals surface area contributed by atoms with Crippen LogP contribution < -0.4 is 10.2 Å². The molecule has 1 aromatic carbocycles. The second-order valence-corrected chi connectivity index (χ2v) is 4.91. The zero-order valence-electron chi connectivity index (χ0n) is 11.3. The summed E-state index contributed by atoms with van der Waals surface area (Å²) in [7, 11) is 3.48. The molecule has 2 atom stereocenters. The van der Waals surface area contributed by atoms with Gasteiger partial charge < -0.3 is 20.4 Å². The summed E-state index contributed by atoms with van der Waals surface area (Å²) in [4.78, 5) is 13.2. The molecule has 0 saturated carbocycles. The Balaban J connectivity index is 2.24. The molecule has 0 bridgehead atoms. The second kappa shape index (κ2) is 5.69. The molecule has 0 fully saturated rings. The van der Waals surface area contributed by atoms with Gasteiger partial charge in [-0.1, -0.05) is 12.1 Å². The second-order valence-electron chi connectivity index (χ2n) is 4.91. The molecule has 0 aliphatic carbocycles. The van der Waals surface area contributed by atoms with Crippen LogP contribution in [-0.2, 0) is 11.2 Å². The largest absolute Gasteiger partial charge is 0.389 e. The first kappa shape index (κ1) is 14.0. The Hall–Kier alpha value is -1.43. The maximum Gasteiger partial charge on any atom is 0.227 e. The van der Waals surface area contributed by atoms with E-state index < -0.39 is 12.2 Å². The molecule has 2 rings (SSSR count). The van der Waals surface area contributed by atoms with E-state index in [-0.39, 0.29) is 5.91 Å². The lowest BCUT2D eigenvalue weighted by Crippen LogP contribution is -2.32. The van der Waals surface area contributed by atoms with Crippen molar-refractivity contribution in [2.24, 2.45) is 0 Å². The van der Waals surface area contributed by atoms with Gasteiger partial charge in [0.2, 0.25) is 5.91 Å². The Kier molecular flexibility index (Phi) is 4.19. The minimum Gasteiger partial charge on any atom is -0.389 e. The summed E-state index contributed by atoms with van der Waals surface area (Å²) < 4.78 is 0. The molecule has 1 amide bonds. The van der Waals surface area contributed by atoms with Crippen LogP contribution in [0.25, 0.3) is 0 Å². The van der Waals surface area contributed by atoms with Crippen molar-refractivity contribution in [3.63, 3.8) is 0 Å². The number of nitrogens with zero attached hydrogens (tertiary/aromatic N) is 1. The van der Waals surface area contributed by atoms with E-state index in [0.717, 1.165) is 11.3 Å². The zero-order valence-corrected chi connectivity index (χ0v) is 11.3. The van der Waals surface area contributed by atoms with E-state index in [9.17, 15) is 15.0 Å². The van der Waals surface area contributed by atoms with Gasteiger partial charge in [0.15, 0.2) is 0 Å². The minimum atomic E-state index is -0.916. The fourth-order valence-corrected chi connectivity index (χ4v) is 2.40. The number of hydrogen-bond acceptors (Lipinski definition) is 4. The maximum absolute atomic E-state index is 11.6. The van der Waals surface area contributed by atoms with Crippen molar-refractivity contribution in [2.75, 3.05) is 25.5 Å². The molecule has 0 radical (unpaired) electrons. The first-order valence-electron chi connectivity index (χ1n) is 6.44. The van der Waals surface area contributed by atoms with Crippen LogP contribution in [-0.4, -0.2) is 42.9 Å². The quantitative estimate of drug-likeness (QED) is 0.727. The average molecular weight is 264 g/mol. The summed E-state index contributed by atoms with van der Waals surface area (Å²) in [6.07, 6.45) is -0.588. The number of fused-ring (bicyclic) bond motifs is 1. The van der Waals surface area contributed by atoms with Gasteiger partial charge in [0.25, 0.3) is 0 Å². The number of rotatable bonds is 4. The molecule has 19 heavy (non-hydrogen) atoms. The number of carbonyl (C=O) groups excluding carboxylic acids is 1. The molecule has 5 nitrogen and oxygen atoms in total. The standard InChI is InChI=1S/C14H20N2O3/c1-15-8-12(17)14(19)10-3-5-11-9(7-10)4-6-13(18)16(11)2/h3,5,7,12,14-15,17,19H,4,6,8H2,1-2H3. The zero-order chi connectivity index (χ0) is 14.0. The summed E-state index contributed by atoms with van der Waals surface area (Å²) in [5, 5.41) is 22.7. The lowest BCUT2D eigenvalue weighted by atomic mass is 9.95. The van der Waals surface area contributed by atoms with E-state index in [1.54, 1.807) is 25.1 Å². The molecular formula is C14H20N2O3. The van der Waals surface area contributed by atoms with E-state index in [2.05, 4.69) is 5.32 Å². The maximum atomic E-state index is 11.6. The number of hydrogen-bond donors (Lipinski definition) is 3. The third-order valence-electron chi connectivity index (χ3n) is 3.57. The Morgan fingerprint density at radius 3 is 2.79 bits per heavy atom. The van der Waals surface area contributed by atoms with Gasteiger partial charge in [-0.3, -0.25) is 4.79 Å². The Bertz CT molecular complexity index is 476. The molecule has 5 heteroatoms. The highest BCUT2D eigenvalue weighted by Crippen LogP contribution is 2.30. The van der Waals surface area contributed by atoms with E-state index in [1.165, 1.54) is 0 Å². The lowest BCUT2D eigenvalue weighted by Gasteiger charge is -2.27. The first-order valence-corrected chi connectivity index (χ1v) is 6.44. The summed E-state index contributed by atoms with van der Waals surface area (Å²) in [6.45, 7) is 0.330. The molecule has 1 heterocycles. The summed E-state index contributed by atoms with van der Waals surface area (Å²) >= 11 is 0. The van der Waals surface area contributed by atoms with Crippen LogP contribution in [0, 0.1) is 0 Å². The summed E-state index contributed by atoms with van der Waals surface area (Å²) in [5.74, 6) is 0.107. The molecule has 1 aliphatic rings. The van der Waals surface area contributed by atoms with Gasteiger partial charge in [-0.2, -0.15) is 0 Å². The predicted molar refractivity (Wildman–Crippen MR) is 73.1 cm³/mol. The Labute approximate surface area is 112 Å². The number of aryl methyl sites for hydroxylation is 1. The molecular weight excluding hydrogens is 244 g/mol. The van der Waals surface area contributed by atoms with Crippen molar-refractivity contribution >= 4 is 11.6 Å². The van der Waals surface area contributed by atoms with Gasteiger partial charge in [0, 0.05) is 25.7 Å². The number of aliphatic hydroxyl groups is 2. The van der Waals surface area contributed by atoms with Crippen LogP contribution in [0.5, 0.6) is 0 Å². The average Bonchev–Trinajstić information content (AvgIpc) is 2.42. The fraction of sp³-hybridized carbons (Fsp3) is 0.500. The first-order chi connectivity index (χ1) is 9.04. The van der Waals surface area contributed by atoms with E-state index in [0.29, 0.717) is 24.9 Å². The van der Waals surface area contributed by atoms with Crippen molar-refractivity contribution in [3.8, 4) is 0 Å². The van der Waals surface area contributed by atoms with Crippen LogP contribution >= 0.6 is 0 Å². The van der Waals surface area contributed by atoms with Crippen LogP contribution in [0.2, 0.25) is 0 Å².